The molecule has 0 unspecified atom stereocenters. The zero-order valence-corrected chi connectivity index (χ0v) is 15.0. The maximum atomic E-state index is 12.1. The van der Waals surface area contributed by atoms with E-state index in [1.165, 1.54) is 17.6 Å². The van der Waals surface area contributed by atoms with Crippen LogP contribution in [0.25, 0.3) is 22.2 Å². The van der Waals surface area contributed by atoms with E-state index >= 15 is 0 Å². The molecule has 4 aromatic rings. The van der Waals surface area contributed by atoms with Crippen molar-refractivity contribution in [2.24, 2.45) is 4.99 Å². The van der Waals surface area contributed by atoms with Gasteiger partial charge in [0.1, 0.15) is 22.6 Å². The number of nitrogens with zero attached hydrogens (tertiary/aromatic N) is 2. The van der Waals surface area contributed by atoms with Gasteiger partial charge in [-0.25, -0.2) is 14.8 Å². The Balaban J connectivity index is 1.68. The van der Waals surface area contributed by atoms with E-state index in [1.54, 1.807) is 36.4 Å². The van der Waals surface area contributed by atoms with Crippen LogP contribution in [0.4, 0.5) is 5.13 Å². The lowest BCUT2D eigenvalue weighted by Gasteiger charge is -2.02. The largest absolute Gasteiger partial charge is 0.508 e. The number of hydrogen-bond donors (Lipinski definition) is 2. The van der Waals surface area contributed by atoms with E-state index in [2.05, 4.69) is 9.98 Å². The second-order valence-corrected chi connectivity index (χ2v) is 6.76. The number of benzene rings is 2. The average Bonchev–Trinajstić information content (AvgIpc) is 3.13. The molecule has 0 aliphatic rings. The van der Waals surface area contributed by atoms with E-state index in [0.29, 0.717) is 21.8 Å². The van der Waals surface area contributed by atoms with Crippen molar-refractivity contribution < 1.29 is 14.6 Å². The Morgan fingerprint density at radius 2 is 2.00 bits per heavy atom. The Kier molecular flexibility index (Phi) is 4.21. The molecular formula is C20H14N2O4S. The number of aromatic nitrogens is 1. The molecule has 4 rings (SSSR count). The minimum Gasteiger partial charge on any atom is -0.508 e. The molecule has 0 aliphatic carbocycles. The third kappa shape index (κ3) is 3.20. The molecule has 27 heavy (non-hydrogen) atoms. The first-order valence-corrected chi connectivity index (χ1v) is 8.95. The summed E-state index contributed by atoms with van der Waals surface area (Å²) in [4.78, 5) is 20.7. The summed E-state index contributed by atoms with van der Waals surface area (Å²) in [7, 11) is 0. The summed E-state index contributed by atoms with van der Waals surface area (Å²) in [6.45, 7) is 1.81. The van der Waals surface area contributed by atoms with Crippen molar-refractivity contribution >= 4 is 33.7 Å². The molecule has 7 heteroatoms. The van der Waals surface area contributed by atoms with Gasteiger partial charge in [-0.2, -0.15) is 0 Å². The zero-order valence-electron chi connectivity index (χ0n) is 14.2. The van der Waals surface area contributed by atoms with Gasteiger partial charge in [0, 0.05) is 17.2 Å². The maximum absolute atomic E-state index is 12.1. The number of thiazole rings is 1. The van der Waals surface area contributed by atoms with Crippen LogP contribution in [0, 0.1) is 6.92 Å². The predicted molar refractivity (Wildman–Crippen MR) is 105 cm³/mol. The number of fused-ring (bicyclic) bond motifs is 1. The van der Waals surface area contributed by atoms with Gasteiger partial charge < -0.3 is 14.6 Å². The van der Waals surface area contributed by atoms with E-state index in [-0.39, 0.29) is 17.1 Å². The van der Waals surface area contributed by atoms with Crippen molar-refractivity contribution in [2.75, 3.05) is 0 Å². The van der Waals surface area contributed by atoms with Crippen LogP contribution in [0.5, 0.6) is 11.5 Å². The first kappa shape index (κ1) is 17.0. The van der Waals surface area contributed by atoms with Crippen molar-refractivity contribution in [3.63, 3.8) is 0 Å². The van der Waals surface area contributed by atoms with Crippen LogP contribution in [-0.4, -0.2) is 21.4 Å². The lowest BCUT2D eigenvalue weighted by Crippen LogP contribution is -2.06. The van der Waals surface area contributed by atoms with Crippen LogP contribution >= 0.6 is 11.3 Å². The highest BCUT2D eigenvalue weighted by Crippen LogP contribution is 2.30. The maximum Gasteiger partial charge on any atom is 0.348 e. The Labute approximate surface area is 157 Å². The molecule has 2 aromatic heterocycles. The lowest BCUT2D eigenvalue weighted by molar-refractivity contribution is 0.466. The van der Waals surface area contributed by atoms with Gasteiger partial charge in [-0.3, -0.25) is 0 Å². The van der Waals surface area contributed by atoms with Gasteiger partial charge in [-0.15, -0.1) is 11.3 Å². The Morgan fingerprint density at radius 1 is 1.19 bits per heavy atom. The van der Waals surface area contributed by atoms with E-state index in [0.717, 1.165) is 11.1 Å². The third-order valence-corrected chi connectivity index (χ3v) is 4.86. The molecule has 0 amide bonds. The number of phenolic OH excluding ortho intramolecular Hbond substituents is 1. The summed E-state index contributed by atoms with van der Waals surface area (Å²) in [5.74, 6) is 0.0577. The van der Waals surface area contributed by atoms with E-state index < -0.39 is 5.63 Å². The van der Waals surface area contributed by atoms with Gasteiger partial charge in [-0.05, 0) is 42.8 Å². The van der Waals surface area contributed by atoms with Gasteiger partial charge in [0.25, 0.3) is 0 Å². The van der Waals surface area contributed by atoms with Crippen molar-refractivity contribution in [1.82, 2.24) is 4.98 Å². The molecular weight excluding hydrogens is 364 g/mol. The first-order chi connectivity index (χ1) is 13.0. The molecule has 0 atom stereocenters. The Morgan fingerprint density at radius 3 is 2.81 bits per heavy atom. The van der Waals surface area contributed by atoms with Gasteiger partial charge in [-0.1, -0.05) is 12.1 Å². The average molecular weight is 378 g/mol. The molecule has 0 spiro atoms. The van der Waals surface area contributed by atoms with Gasteiger partial charge in [0.2, 0.25) is 5.13 Å². The second-order valence-electron chi connectivity index (χ2n) is 5.92. The molecule has 0 saturated heterocycles. The molecule has 0 aliphatic heterocycles. The summed E-state index contributed by atoms with van der Waals surface area (Å²) in [6, 6.07) is 12.0. The van der Waals surface area contributed by atoms with Crippen molar-refractivity contribution in [1.29, 1.82) is 0 Å². The quantitative estimate of drug-likeness (QED) is 0.407. The molecule has 2 heterocycles. The topological polar surface area (TPSA) is 95.9 Å². The molecule has 6 nitrogen and oxygen atoms in total. The Hall–Kier alpha value is -3.45. The monoisotopic (exact) mass is 378 g/mol. The molecule has 0 fully saturated rings. The summed E-state index contributed by atoms with van der Waals surface area (Å²) in [5, 5.41) is 22.7. The van der Waals surface area contributed by atoms with Crippen LogP contribution < -0.4 is 5.63 Å². The summed E-state index contributed by atoms with van der Waals surface area (Å²) >= 11 is 1.30. The molecule has 0 radical (unpaired) electrons. The molecule has 2 aromatic carbocycles. The van der Waals surface area contributed by atoms with Crippen molar-refractivity contribution in [3.8, 4) is 22.8 Å². The van der Waals surface area contributed by atoms with Crippen molar-refractivity contribution in [2.45, 2.75) is 6.92 Å². The van der Waals surface area contributed by atoms with Crippen molar-refractivity contribution in [3.05, 3.63) is 69.4 Å². The number of aromatic hydroxyl groups is 2. The van der Waals surface area contributed by atoms with E-state index in [4.69, 9.17) is 4.42 Å². The SMILES string of the molecule is Cc1cc(-c2csc(N=Cc3c(O)c4ccccc4oc3=O)n2)ccc1O. The van der Waals surface area contributed by atoms with Crippen LogP contribution in [0.2, 0.25) is 0 Å². The zero-order chi connectivity index (χ0) is 19.0. The fourth-order valence-corrected chi connectivity index (χ4v) is 3.32. The molecule has 134 valence electrons. The highest BCUT2D eigenvalue weighted by Gasteiger charge is 2.12. The minimum absolute atomic E-state index is 0.0223. The van der Waals surface area contributed by atoms with Gasteiger partial charge in [0.05, 0.1) is 11.1 Å². The minimum atomic E-state index is -0.666. The number of aryl methyl sites for hydroxylation is 1. The second kappa shape index (κ2) is 6.69. The van der Waals surface area contributed by atoms with Crippen LogP contribution in [0.1, 0.15) is 11.1 Å². The lowest BCUT2D eigenvalue weighted by atomic mass is 10.1. The summed E-state index contributed by atoms with van der Waals surface area (Å²) in [6.07, 6.45) is 1.26. The standard InChI is InChI=1S/C20H14N2O4S/c1-11-8-12(6-7-16(11)23)15-10-27-20(22-15)21-9-14-18(24)13-4-2-3-5-17(13)26-19(14)25/h2-10,23-24H,1H3. The fraction of sp³-hybridized carbons (Fsp3) is 0.0500. The number of hydrogen-bond acceptors (Lipinski definition) is 7. The molecule has 2 N–H and O–H groups in total. The van der Waals surface area contributed by atoms with E-state index in [9.17, 15) is 15.0 Å². The highest BCUT2D eigenvalue weighted by molar-refractivity contribution is 7.13. The van der Waals surface area contributed by atoms with Gasteiger partial charge in [0.15, 0.2) is 0 Å². The normalized spacial score (nSPS) is 11.4. The fourth-order valence-electron chi connectivity index (χ4n) is 2.65. The summed E-state index contributed by atoms with van der Waals surface area (Å²) in [5.41, 5.74) is 1.95. The van der Waals surface area contributed by atoms with Crippen LogP contribution in [0.3, 0.4) is 0 Å². The number of para-hydroxylation sites is 1. The predicted octanol–water partition coefficient (Wildman–Crippen LogP) is 4.39. The van der Waals surface area contributed by atoms with Crippen LogP contribution in [-0.2, 0) is 0 Å². The highest BCUT2D eigenvalue weighted by atomic mass is 32.1. The number of rotatable bonds is 3. The first-order valence-electron chi connectivity index (χ1n) is 8.07. The third-order valence-electron chi connectivity index (χ3n) is 4.11. The van der Waals surface area contributed by atoms with Crippen LogP contribution in [0.15, 0.2) is 62.0 Å². The summed E-state index contributed by atoms with van der Waals surface area (Å²) < 4.78 is 5.21. The molecule has 0 bridgehead atoms. The number of phenols is 1. The smallest absolute Gasteiger partial charge is 0.348 e. The Bertz CT molecular complexity index is 1240. The van der Waals surface area contributed by atoms with Gasteiger partial charge >= 0.3 is 5.63 Å². The molecule has 0 saturated carbocycles. The van der Waals surface area contributed by atoms with E-state index in [1.807, 2.05) is 18.4 Å². The number of aliphatic imine (C=N–C) groups is 1.